The average Bonchev–Trinajstić information content (AvgIpc) is 2.51. The van der Waals surface area contributed by atoms with Crippen LogP contribution in [0.5, 0.6) is 0 Å². The topological polar surface area (TPSA) is 29.5 Å². The lowest BCUT2D eigenvalue weighted by Crippen LogP contribution is -2.10. The van der Waals surface area contributed by atoms with Gasteiger partial charge in [-0.25, -0.2) is 0 Å². The van der Waals surface area contributed by atoms with Crippen LogP contribution in [0.3, 0.4) is 0 Å². The van der Waals surface area contributed by atoms with E-state index in [0.717, 1.165) is 12.8 Å². The fourth-order valence-corrected chi connectivity index (χ4v) is 2.84. The Morgan fingerprint density at radius 1 is 0.714 bits per heavy atom. The first-order valence-corrected chi connectivity index (χ1v) is 9.45. The summed E-state index contributed by atoms with van der Waals surface area (Å²) < 4.78 is 5.59. The lowest BCUT2D eigenvalue weighted by molar-refractivity contribution is 0.0832. The summed E-state index contributed by atoms with van der Waals surface area (Å²) in [5.74, 6) is 0. The average molecular weight is 301 g/mol. The van der Waals surface area contributed by atoms with Crippen molar-refractivity contribution in [1.82, 2.24) is 0 Å². The zero-order chi connectivity index (χ0) is 15.8. The number of rotatable bonds is 16. The minimum Gasteiger partial charge on any atom is -0.393 e. The van der Waals surface area contributed by atoms with Gasteiger partial charge in [0.1, 0.15) is 0 Å². The second-order valence-corrected chi connectivity index (χ2v) is 6.47. The highest BCUT2D eigenvalue weighted by molar-refractivity contribution is 4.59. The maximum atomic E-state index is 9.48. The summed E-state index contributed by atoms with van der Waals surface area (Å²) in [6.07, 6.45) is 17.9. The number of aliphatic hydroxyl groups is 1. The van der Waals surface area contributed by atoms with Crippen LogP contribution < -0.4 is 0 Å². The number of ether oxygens (including phenoxy) is 1. The lowest BCUT2D eigenvalue weighted by atomic mass is 10.0. The number of methoxy groups -OCH3 is 1. The van der Waals surface area contributed by atoms with Crippen molar-refractivity contribution < 1.29 is 9.84 Å². The summed E-state index contributed by atoms with van der Waals surface area (Å²) in [6, 6.07) is 0. The first-order valence-electron chi connectivity index (χ1n) is 9.45. The van der Waals surface area contributed by atoms with E-state index in [9.17, 15) is 5.11 Å². The molecule has 0 saturated heterocycles. The standard InChI is InChI=1S/C19H40O2/c1-4-6-7-13-16-19(21-3)17-14-11-9-8-10-12-15-18(20)5-2/h18-20H,4-17H2,1-3H3. The number of aliphatic hydroxyl groups excluding tert-OH is 1. The van der Waals surface area contributed by atoms with Gasteiger partial charge in [-0.15, -0.1) is 0 Å². The first kappa shape index (κ1) is 20.9. The maximum absolute atomic E-state index is 9.48. The van der Waals surface area contributed by atoms with Crippen LogP contribution in [0.25, 0.3) is 0 Å². The molecule has 0 rings (SSSR count). The Labute approximate surface area is 133 Å². The molecule has 0 amide bonds. The monoisotopic (exact) mass is 300 g/mol. The summed E-state index contributed by atoms with van der Waals surface area (Å²) in [7, 11) is 1.86. The number of unbranched alkanes of at least 4 members (excludes halogenated alkanes) is 8. The van der Waals surface area contributed by atoms with Crippen LogP contribution in [0, 0.1) is 0 Å². The Morgan fingerprint density at radius 2 is 1.19 bits per heavy atom. The van der Waals surface area contributed by atoms with Gasteiger partial charge in [-0.05, 0) is 25.7 Å². The van der Waals surface area contributed by atoms with Gasteiger partial charge in [0.05, 0.1) is 12.2 Å². The van der Waals surface area contributed by atoms with Crippen LogP contribution in [0.1, 0.15) is 104 Å². The van der Waals surface area contributed by atoms with Gasteiger partial charge in [-0.3, -0.25) is 0 Å². The van der Waals surface area contributed by atoms with Gasteiger partial charge in [0.15, 0.2) is 0 Å². The summed E-state index contributed by atoms with van der Waals surface area (Å²) in [5, 5.41) is 9.48. The Morgan fingerprint density at radius 3 is 1.67 bits per heavy atom. The molecule has 0 aliphatic rings. The molecule has 1 N–H and O–H groups in total. The van der Waals surface area contributed by atoms with Crippen molar-refractivity contribution in [2.24, 2.45) is 0 Å². The quantitative estimate of drug-likeness (QED) is 0.362. The van der Waals surface area contributed by atoms with E-state index in [0.29, 0.717) is 6.10 Å². The fraction of sp³-hybridized carbons (Fsp3) is 1.00. The predicted molar refractivity (Wildman–Crippen MR) is 92.8 cm³/mol. The molecule has 0 radical (unpaired) electrons. The predicted octanol–water partition coefficient (Wildman–Crippen LogP) is 5.86. The molecule has 0 spiro atoms. The van der Waals surface area contributed by atoms with Crippen molar-refractivity contribution >= 4 is 0 Å². The van der Waals surface area contributed by atoms with E-state index >= 15 is 0 Å². The second kappa shape index (κ2) is 16.3. The molecule has 2 atom stereocenters. The van der Waals surface area contributed by atoms with E-state index in [4.69, 9.17) is 4.74 Å². The molecule has 0 aromatic heterocycles. The van der Waals surface area contributed by atoms with Crippen molar-refractivity contribution in [2.45, 2.75) is 116 Å². The molecular formula is C19H40O2. The fourth-order valence-electron chi connectivity index (χ4n) is 2.84. The smallest absolute Gasteiger partial charge is 0.0571 e. The van der Waals surface area contributed by atoms with E-state index in [1.54, 1.807) is 0 Å². The van der Waals surface area contributed by atoms with E-state index in [-0.39, 0.29) is 6.10 Å². The minimum absolute atomic E-state index is 0.0693. The molecule has 0 heterocycles. The van der Waals surface area contributed by atoms with Gasteiger partial charge in [0.25, 0.3) is 0 Å². The largest absolute Gasteiger partial charge is 0.393 e. The summed E-state index contributed by atoms with van der Waals surface area (Å²) >= 11 is 0. The molecule has 0 aliphatic carbocycles. The molecule has 0 aromatic rings. The second-order valence-electron chi connectivity index (χ2n) is 6.47. The van der Waals surface area contributed by atoms with Gasteiger partial charge in [-0.1, -0.05) is 78.1 Å². The van der Waals surface area contributed by atoms with Gasteiger partial charge in [0.2, 0.25) is 0 Å². The maximum Gasteiger partial charge on any atom is 0.0571 e. The normalized spacial score (nSPS) is 14.3. The highest BCUT2D eigenvalue weighted by Crippen LogP contribution is 2.16. The molecule has 2 nitrogen and oxygen atoms in total. The van der Waals surface area contributed by atoms with Crippen molar-refractivity contribution in [3.8, 4) is 0 Å². The summed E-state index contributed by atoms with van der Waals surface area (Å²) in [6.45, 7) is 4.32. The zero-order valence-corrected chi connectivity index (χ0v) is 14.9. The third-order valence-corrected chi connectivity index (χ3v) is 4.50. The molecule has 0 saturated carbocycles. The van der Waals surface area contributed by atoms with Crippen molar-refractivity contribution in [3.63, 3.8) is 0 Å². The lowest BCUT2D eigenvalue weighted by Gasteiger charge is -2.15. The molecule has 0 bridgehead atoms. The van der Waals surface area contributed by atoms with Gasteiger partial charge < -0.3 is 9.84 Å². The van der Waals surface area contributed by atoms with Crippen molar-refractivity contribution in [2.75, 3.05) is 7.11 Å². The SMILES string of the molecule is CCCCCCC(CCCCCCCCC(O)CC)OC. The van der Waals surface area contributed by atoms with Crippen LogP contribution in [0.15, 0.2) is 0 Å². The molecule has 2 heteroatoms. The van der Waals surface area contributed by atoms with Crippen LogP contribution in [-0.4, -0.2) is 24.4 Å². The Hall–Kier alpha value is -0.0800. The van der Waals surface area contributed by atoms with E-state index in [1.807, 2.05) is 7.11 Å². The summed E-state index contributed by atoms with van der Waals surface area (Å²) in [5.41, 5.74) is 0. The molecule has 2 unspecified atom stereocenters. The van der Waals surface area contributed by atoms with Gasteiger partial charge >= 0.3 is 0 Å². The highest BCUT2D eigenvalue weighted by Gasteiger charge is 2.06. The molecular weight excluding hydrogens is 260 g/mol. The number of hydrogen-bond acceptors (Lipinski definition) is 2. The number of hydrogen-bond donors (Lipinski definition) is 1. The van der Waals surface area contributed by atoms with Crippen molar-refractivity contribution in [1.29, 1.82) is 0 Å². The van der Waals surface area contributed by atoms with E-state index < -0.39 is 0 Å². The van der Waals surface area contributed by atoms with Gasteiger partial charge in [0, 0.05) is 7.11 Å². The highest BCUT2D eigenvalue weighted by atomic mass is 16.5. The van der Waals surface area contributed by atoms with Crippen LogP contribution in [0.4, 0.5) is 0 Å². The Bertz CT molecular complexity index is 194. The third kappa shape index (κ3) is 14.6. The van der Waals surface area contributed by atoms with Gasteiger partial charge in [-0.2, -0.15) is 0 Å². The Balaban J connectivity index is 3.31. The molecule has 128 valence electrons. The third-order valence-electron chi connectivity index (χ3n) is 4.50. The molecule has 0 fully saturated rings. The van der Waals surface area contributed by atoms with Crippen LogP contribution >= 0.6 is 0 Å². The van der Waals surface area contributed by atoms with E-state index in [1.165, 1.54) is 77.0 Å². The molecule has 0 aromatic carbocycles. The van der Waals surface area contributed by atoms with E-state index in [2.05, 4.69) is 13.8 Å². The molecule has 0 aliphatic heterocycles. The first-order chi connectivity index (χ1) is 10.2. The van der Waals surface area contributed by atoms with Crippen LogP contribution in [0.2, 0.25) is 0 Å². The molecule has 21 heavy (non-hydrogen) atoms. The minimum atomic E-state index is -0.0693. The zero-order valence-electron chi connectivity index (χ0n) is 14.9. The summed E-state index contributed by atoms with van der Waals surface area (Å²) in [4.78, 5) is 0. The van der Waals surface area contributed by atoms with Crippen molar-refractivity contribution in [3.05, 3.63) is 0 Å². The van der Waals surface area contributed by atoms with Crippen LogP contribution in [-0.2, 0) is 4.74 Å². The Kier molecular flexibility index (Phi) is 16.2.